The molecule has 2 N–H and O–H groups in total. The number of fused-ring (bicyclic) bond motifs is 1. The van der Waals surface area contributed by atoms with Gasteiger partial charge in [0.2, 0.25) is 17.7 Å². The van der Waals surface area contributed by atoms with Gasteiger partial charge >= 0.3 is 6.36 Å². The maximum atomic E-state index is 13.1. The predicted molar refractivity (Wildman–Crippen MR) is 112 cm³/mol. The standard InChI is InChI=1S/C23H18F3N3O6/c24-23(25,26)35-14-5-1-3-12(9-14)10-18(31)27-11-13-4-2-6-15-19(13)22(34)29(21(15)33)16-7-8-17(30)28-20(16)32/h1-6,9,16H,7-8,10-11H2,(H,27,31)(H,28,30,32). The topological polar surface area (TPSA) is 122 Å². The molecule has 0 aromatic heterocycles. The number of carbonyl (C=O) groups is 5. The molecule has 2 aromatic carbocycles. The number of nitrogens with one attached hydrogen (secondary N) is 2. The summed E-state index contributed by atoms with van der Waals surface area (Å²) >= 11 is 0. The van der Waals surface area contributed by atoms with Crippen LogP contribution in [0.5, 0.6) is 5.75 Å². The molecule has 0 spiro atoms. The van der Waals surface area contributed by atoms with Crippen molar-refractivity contribution in [3.05, 3.63) is 64.7 Å². The van der Waals surface area contributed by atoms with Crippen LogP contribution in [0.4, 0.5) is 13.2 Å². The molecule has 0 aliphatic carbocycles. The molecule has 2 aromatic rings. The van der Waals surface area contributed by atoms with Crippen molar-refractivity contribution in [1.29, 1.82) is 0 Å². The molecule has 182 valence electrons. The lowest BCUT2D eigenvalue weighted by molar-refractivity contribution is -0.274. The summed E-state index contributed by atoms with van der Waals surface area (Å²) in [6, 6.07) is 8.36. The van der Waals surface area contributed by atoms with Crippen molar-refractivity contribution >= 4 is 29.5 Å². The first-order valence-corrected chi connectivity index (χ1v) is 10.5. The number of ether oxygens (including phenoxy) is 1. The van der Waals surface area contributed by atoms with E-state index in [-0.39, 0.29) is 42.5 Å². The van der Waals surface area contributed by atoms with Gasteiger partial charge in [0.1, 0.15) is 11.8 Å². The molecule has 9 nitrogen and oxygen atoms in total. The molecule has 1 atom stereocenters. The number of hydrogen-bond donors (Lipinski definition) is 2. The van der Waals surface area contributed by atoms with E-state index < -0.39 is 47.7 Å². The summed E-state index contributed by atoms with van der Waals surface area (Å²) < 4.78 is 41.1. The molecule has 1 saturated heterocycles. The minimum absolute atomic E-state index is 0.0120. The Bertz CT molecular complexity index is 1240. The Morgan fingerprint density at radius 1 is 1.09 bits per heavy atom. The fraction of sp³-hybridized carbons (Fsp3) is 0.261. The lowest BCUT2D eigenvalue weighted by atomic mass is 10.0. The number of amides is 5. The molecule has 5 amide bonds. The van der Waals surface area contributed by atoms with Crippen LogP contribution in [0.2, 0.25) is 0 Å². The molecule has 4 rings (SSSR count). The molecule has 1 unspecified atom stereocenters. The molecule has 1 fully saturated rings. The Morgan fingerprint density at radius 2 is 1.83 bits per heavy atom. The van der Waals surface area contributed by atoms with E-state index in [2.05, 4.69) is 15.4 Å². The highest BCUT2D eigenvalue weighted by atomic mass is 19.4. The van der Waals surface area contributed by atoms with Crippen LogP contribution in [-0.4, -0.2) is 46.8 Å². The zero-order valence-electron chi connectivity index (χ0n) is 18.0. The van der Waals surface area contributed by atoms with Gasteiger partial charge in [-0.2, -0.15) is 0 Å². The van der Waals surface area contributed by atoms with E-state index in [4.69, 9.17) is 0 Å². The van der Waals surface area contributed by atoms with Gasteiger partial charge in [-0.1, -0.05) is 24.3 Å². The molecular weight excluding hydrogens is 471 g/mol. The van der Waals surface area contributed by atoms with E-state index in [1.54, 1.807) is 0 Å². The first-order chi connectivity index (χ1) is 16.5. The lowest BCUT2D eigenvalue weighted by Gasteiger charge is -2.27. The highest BCUT2D eigenvalue weighted by Crippen LogP contribution is 2.30. The van der Waals surface area contributed by atoms with Crippen LogP contribution < -0.4 is 15.4 Å². The number of halogens is 3. The third kappa shape index (κ3) is 5.15. The zero-order chi connectivity index (χ0) is 25.3. The van der Waals surface area contributed by atoms with E-state index in [0.29, 0.717) is 5.56 Å². The van der Waals surface area contributed by atoms with Gasteiger partial charge in [0.15, 0.2) is 0 Å². The first-order valence-electron chi connectivity index (χ1n) is 10.5. The number of carbonyl (C=O) groups excluding carboxylic acids is 5. The molecule has 12 heteroatoms. The summed E-state index contributed by atoms with van der Waals surface area (Å²) in [5, 5.41) is 4.70. The van der Waals surface area contributed by atoms with Gasteiger partial charge in [0.05, 0.1) is 17.5 Å². The van der Waals surface area contributed by atoms with Crippen molar-refractivity contribution in [3.63, 3.8) is 0 Å². The van der Waals surface area contributed by atoms with E-state index in [9.17, 15) is 37.1 Å². The number of hydrogen-bond acceptors (Lipinski definition) is 6. The second kappa shape index (κ2) is 9.20. The van der Waals surface area contributed by atoms with Gasteiger partial charge in [-0.3, -0.25) is 34.2 Å². The van der Waals surface area contributed by atoms with Crippen molar-refractivity contribution in [2.24, 2.45) is 0 Å². The number of nitrogens with zero attached hydrogens (tertiary/aromatic N) is 1. The molecule has 0 bridgehead atoms. The van der Waals surface area contributed by atoms with Gasteiger partial charge in [-0.15, -0.1) is 13.2 Å². The quantitative estimate of drug-likeness (QED) is 0.598. The summed E-state index contributed by atoms with van der Waals surface area (Å²) in [5.74, 6) is -3.59. The van der Waals surface area contributed by atoms with E-state index >= 15 is 0 Å². The molecule has 2 aliphatic heterocycles. The molecule has 0 saturated carbocycles. The van der Waals surface area contributed by atoms with Crippen LogP contribution in [0, 0.1) is 0 Å². The van der Waals surface area contributed by atoms with Crippen LogP contribution in [0.1, 0.15) is 44.7 Å². The van der Waals surface area contributed by atoms with Crippen molar-refractivity contribution in [2.45, 2.75) is 38.2 Å². The maximum absolute atomic E-state index is 13.1. The summed E-state index contributed by atoms with van der Waals surface area (Å²) in [6.07, 6.45) is -5.11. The fourth-order valence-corrected chi connectivity index (χ4v) is 4.03. The second-order valence-electron chi connectivity index (χ2n) is 7.94. The van der Waals surface area contributed by atoms with E-state index in [1.807, 2.05) is 0 Å². The third-order valence-electron chi connectivity index (χ3n) is 5.53. The Morgan fingerprint density at radius 3 is 2.54 bits per heavy atom. The van der Waals surface area contributed by atoms with Gasteiger partial charge in [-0.25, -0.2) is 0 Å². The Kier molecular flexibility index (Phi) is 6.29. The van der Waals surface area contributed by atoms with Gasteiger partial charge in [0.25, 0.3) is 11.8 Å². The Balaban J connectivity index is 1.45. The SMILES string of the molecule is O=C(Cc1cccc(OC(F)(F)F)c1)NCc1cccc2c1C(=O)N(C1CCC(=O)NC1=O)C2=O. The van der Waals surface area contributed by atoms with Crippen LogP contribution in [0.25, 0.3) is 0 Å². The minimum Gasteiger partial charge on any atom is -0.406 e. The molecular formula is C23H18F3N3O6. The number of benzene rings is 2. The second-order valence-corrected chi connectivity index (χ2v) is 7.94. The molecule has 35 heavy (non-hydrogen) atoms. The average Bonchev–Trinajstić information content (AvgIpc) is 3.02. The Labute approximate surface area is 196 Å². The average molecular weight is 489 g/mol. The fourth-order valence-electron chi connectivity index (χ4n) is 4.03. The summed E-state index contributed by atoms with van der Waals surface area (Å²) in [5.41, 5.74) is 0.725. The van der Waals surface area contributed by atoms with Crippen LogP contribution >= 0.6 is 0 Å². The molecule has 0 radical (unpaired) electrons. The first kappa shape index (κ1) is 23.9. The van der Waals surface area contributed by atoms with Crippen LogP contribution in [-0.2, 0) is 27.3 Å². The van der Waals surface area contributed by atoms with Crippen LogP contribution in [0.15, 0.2) is 42.5 Å². The zero-order valence-corrected chi connectivity index (χ0v) is 18.0. The lowest BCUT2D eigenvalue weighted by Crippen LogP contribution is -2.54. The van der Waals surface area contributed by atoms with Crippen LogP contribution in [0.3, 0.4) is 0 Å². The molecule has 2 aliphatic rings. The molecule has 2 heterocycles. The Hall–Kier alpha value is -4.22. The minimum atomic E-state index is -4.86. The highest BCUT2D eigenvalue weighted by Gasteiger charge is 2.45. The monoisotopic (exact) mass is 489 g/mol. The maximum Gasteiger partial charge on any atom is 0.573 e. The largest absolute Gasteiger partial charge is 0.573 e. The van der Waals surface area contributed by atoms with E-state index in [0.717, 1.165) is 17.0 Å². The van der Waals surface area contributed by atoms with Crippen molar-refractivity contribution in [3.8, 4) is 5.75 Å². The van der Waals surface area contributed by atoms with Gasteiger partial charge < -0.3 is 10.1 Å². The van der Waals surface area contributed by atoms with E-state index in [1.165, 1.54) is 30.3 Å². The summed E-state index contributed by atoms with van der Waals surface area (Å²) in [4.78, 5) is 62.7. The summed E-state index contributed by atoms with van der Waals surface area (Å²) in [6.45, 7) is -0.136. The number of alkyl halides is 3. The smallest absolute Gasteiger partial charge is 0.406 e. The number of piperidine rings is 1. The normalized spacial score (nSPS) is 17.8. The predicted octanol–water partition coefficient (Wildman–Crippen LogP) is 1.85. The number of rotatable bonds is 6. The van der Waals surface area contributed by atoms with Crippen molar-refractivity contribution < 1.29 is 41.9 Å². The van der Waals surface area contributed by atoms with Crippen molar-refractivity contribution in [1.82, 2.24) is 15.5 Å². The highest BCUT2D eigenvalue weighted by molar-refractivity contribution is 6.24. The summed E-state index contributed by atoms with van der Waals surface area (Å²) in [7, 11) is 0. The van der Waals surface area contributed by atoms with Crippen molar-refractivity contribution in [2.75, 3.05) is 0 Å². The van der Waals surface area contributed by atoms with Gasteiger partial charge in [-0.05, 0) is 35.7 Å². The number of imide groups is 2. The van der Waals surface area contributed by atoms with Gasteiger partial charge in [0, 0.05) is 13.0 Å². The third-order valence-corrected chi connectivity index (χ3v) is 5.53.